The zero-order chi connectivity index (χ0) is 15.0. The molecule has 120 valence electrons. The molecule has 1 rings (SSSR count). The highest BCUT2D eigenvalue weighted by atomic mass is 35.5. The summed E-state index contributed by atoms with van der Waals surface area (Å²) in [6.07, 6.45) is 1.69. The van der Waals surface area contributed by atoms with Gasteiger partial charge in [-0.1, -0.05) is 13.8 Å². The van der Waals surface area contributed by atoms with Crippen LogP contribution in [-0.4, -0.2) is 30.9 Å². The number of benzene rings is 1. The molecular weight excluding hydrogens is 308 g/mol. The number of hydrogen-bond acceptors (Lipinski definition) is 4. The maximum Gasteiger partial charge on any atom is 0.230 e. The molecule has 0 heterocycles. The lowest BCUT2D eigenvalue weighted by atomic mass is 9.93. The third-order valence-corrected chi connectivity index (χ3v) is 4.59. The first-order valence-corrected chi connectivity index (χ1v) is 7.85. The Morgan fingerprint density at radius 2 is 1.86 bits per heavy atom. The molecule has 4 nitrogen and oxygen atoms in total. The fraction of sp³-hybridized carbons (Fsp3) is 0.533. The minimum absolute atomic E-state index is 0. The van der Waals surface area contributed by atoms with Crippen LogP contribution in [0.25, 0.3) is 0 Å². The van der Waals surface area contributed by atoms with Gasteiger partial charge in [-0.2, -0.15) is 0 Å². The second kappa shape index (κ2) is 9.92. The second-order valence-electron chi connectivity index (χ2n) is 4.70. The molecule has 6 heteroatoms. The number of thioether (sulfide) groups is 1. The summed E-state index contributed by atoms with van der Waals surface area (Å²) in [7, 11) is 1.64. The summed E-state index contributed by atoms with van der Waals surface area (Å²) in [4.78, 5) is 13.1. The molecule has 0 saturated heterocycles. The van der Waals surface area contributed by atoms with E-state index in [1.54, 1.807) is 7.11 Å². The minimum Gasteiger partial charge on any atom is -0.497 e. The standard InChI is InChI=1S/C15H24N2O2S.ClH/c1-4-15(5-2,11-16)17-14(18)10-20-13-8-6-12(19-3)7-9-13;/h6-9H,4-5,10-11,16H2,1-3H3,(H,17,18);1H. The Hall–Kier alpha value is -0.910. The smallest absolute Gasteiger partial charge is 0.230 e. The van der Waals surface area contributed by atoms with Crippen molar-refractivity contribution >= 4 is 30.1 Å². The molecule has 1 aromatic carbocycles. The Balaban J connectivity index is 0.00000400. The second-order valence-corrected chi connectivity index (χ2v) is 5.75. The highest BCUT2D eigenvalue weighted by molar-refractivity contribution is 8.00. The van der Waals surface area contributed by atoms with E-state index < -0.39 is 0 Å². The van der Waals surface area contributed by atoms with E-state index in [1.165, 1.54) is 11.8 Å². The molecule has 0 unspecified atom stereocenters. The predicted molar refractivity (Wildman–Crippen MR) is 91.5 cm³/mol. The molecule has 0 aliphatic carbocycles. The van der Waals surface area contributed by atoms with Crippen LogP contribution in [0.1, 0.15) is 26.7 Å². The van der Waals surface area contributed by atoms with E-state index in [0.29, 0.717) is 12.3 Å². The number of methoxy groups -OCH3 is 1. The molecule has 3 N–H and O–H groups in total. The summed E-state index contributed by atoms with van der Waals surface area (Å²) < 4.78 is 5.10. The molecule has 0 bridgehead atoms. The van der Waals surface area contributed by atoms with Crippen molar-refractivity contribution in [1.82, 2.24) is 5.32 Å². The van der Waals surface area contributed by atoms with Gasteiger partial charge in [0.1, 0.15) is 5.75 Å². The molecule has 0 spiro atoms. The number of carbonyl (C=O) groups is 1. The van der Waals surface area contributed by atoms with Crippen molar-refractivity contribution in [2.75, 3.05) is 19.4 Å². The SMILES string of the molecule is CCC(CC)(CN)NC(=O)CSc1ccc(OC)cc1.Cl. The Labute approximate surface area is 137 Å². The monoisotopic (exact) mass is 332 g/mol. The molecule has 1 aromatic rings. The summed E-state index contributed by atoms with van der Waals surface area (Å²) in [6, 6.07) is 7.68. The van der Waals surface area contributed by atoms with Crippen LogP contribution in [0.5, 0.6) is 5.75 Å². The molecule has 1 amide bonds. The summed E-state index contributed by atoms with van der Waals surface area (Å²) >= 11 is 1.51. The highest BCUT2D eigenvalue weighted by Crippen LogP contribution is 2.21. The Morgan fingerprint density at radius 3 is 2.29 bits per heavy atom. The van der Waals surface area contributed by atoms with Crippen LogP contribution in [0.15, 0.2) is 29.2 Å². The molecule has 0 aliphatic heterocycles. The van der Waals surface area contributed by atoms with Gasteiger partial charge in [-0.25, -0.2) is 0 Å². The van der Waals surface area contributed by atoms with Crippen LogP contribution in [0, 0.1) is 0 Å². The van der Waals surface area contributed by atoms with Crippen molar-refractivity contribution in [3.8, 4) is 5.75 Å². The third-order valence-electron chi connectivity index (χ3n) is 3.58. The van der Waals surface area contributed by atoms with Crippen LogP contribution >= 0.6 is 24.2 Å². The van der Waals surface area contributed by atoms with Crippen molar-refractivity contribution < 1.29 is 9.53 Å². The van der Waals surface area contributed by atoms with Gasteiger partial charge in [-0.15, -0.1) is 24.2 Å². The summed E-state index contributed by atoms with van der Waals surface area (Å²) in [6.45, 7) is 4.57. The lowest BCUT2D eigenvalue weighted by Crippen LogP contribution is -2.53. The van der Waals surface area contributed by atoms with Crippen molar-refractivity contribution in [2.45, 2.75) is 37.1 Å². The van der Waals surface area contributed by atoms with Gasteiger partial charge in [0, 0.05) is 11.4 Å². The highest BCUT2D eigenvalue weighted by Gasteiger charge is 2.25. The normalized spacial score (nSPS) is 10.7. The molecule has 0 aromatic heterocycles. The molecule has 0 saturated carbocycles. The van der Waals surface area contributed by atoms with Gasteiger partial charge in [0.25, 0.3) is 0 Å². The number of nitrogens with two attached hydrogens (primary N) is 1. The van der Waals surface area contributed by atoms with Crippen LogP contribution in [0.4, 0.5) is 0 Å². The van der Waals surface area contributed by atoms with Gasteiger partial charge in [0.15, 0.2) is 0 Å². The van der Waals surface area contributed by atoms with E-state index in [-0.39, 0.29) is 23.9 Å². The topological polar surface area (TPSA) is 64.3 Å². The first-order chi connectivity index (χ1) is 9.59. The van der Waals surface area contributed by atoms with E-state index in [9.17, 15) is 4.79 Å². The van der Waals surface area contributed by atoms with E-state index in [0.717, 1.165) is 23.5 Å². The maximum absolute atomic E-state index is 12.0. The number of halogens is 1. The summed E-state index contributed by atoms with van der Waals surface area (Å²) in [5.41, 5.74) is 5.51. The Bertz CT molecular complexity index is 414. The molecule has 0 fully saturated rings. The minimum atomic E-state index is -0.266. The van der Waals surface area contributed by atoms with Gasteiger partial charge in [-0.05, 0) is 37.1 Å². The number of hydrogen-bond donors (Lipinski definition) is 2. The van der Waals surface area contributed by atoms with Crippen LogP contribution < -0.4 is 15.8 Å². The average Bonchev–Trinajstić information content (AvgIpc) is 2.51. The molecular formula is C15H25ClN2O2S. The number of carbonyl (C=O) groups excluding carboxylic acids is 1. The quantitative estimate of drug-likeness (QED) is 0.718. The van der Waals surface area contributed by atoms with Gasteiger partial charge in [-0.3, -0.25) is 4.79 Å². The number of ether oxygens (including phenoxy) is 1. The van der Waals surface area contributed by atoms with Gasteiger partial charge in [0.05, 0.1) is 18.4 Å². The maximum atomic E-state index is 12.0. The van der Waals surface area contributed by atoms with Crippen LogP contribution in [-0.2, 0) is 4.79 Å². The van der Waals surface area contributed by atoms with Crippen LogP contribution in [0.2, 0.25) is 0 Å². The largest absolute Gasteiger partial charge is 0.497 e. The predicted octanol–water partition coefficient (Wildman–Crippen LogP) is 2.84. The number of nitrogens with one attached hydrogen (secondary N) is 1. The fourth-order valence-corrected chi connectivity index (χ4v) is 2.62. The van der Waals surface area contributed by atoms with Crippen molar-refractivity contribution in [1.29, 1.82) is 0 Å². The fourth-order valence-electron chi connectivity index (χ4n) is 1.92. The van der Waals surface area contributed by atoms with Crippen molar-refractivity contribution in [2.24, 2.45) is 5.73 Å². The molecule has 0 atom stereocenters. The van der Waals surface area contributed by atoms with Gasteiger partial charge >= 0.3 is 0 Å². The first-order valence-electron chi connectivity index (χ1n) is 6.87. The lowest BCUT2D eigenvalue weighted by Gasteiger charge is -2.31. The van der Waals surface area contributed by atoms with E-state index >= 15 is 0 Å². The van der Waals surface area contributed by atoms with E-state index in [1.807, 2.05) is 38.1 Å². The third kappa shape index (κ3) is 6.16. The molecule has 0 aliphatic rings. The zero-order valence-corrected chi connectivity index (χ0v) is 14.5. The van der Waals surface area contributed by atoms with Gasteiger partial charge < -0.3 is 15.8 Å². The summed E-state index contributed by atoms with van der Waals surface area (Å²) in [5, 5.41) is 3.06. The Morgan fingerprint density at radius 1 is 1.29 bits per heavy atom. The number of amides is 1. The van der Waals surface area contributed by atoms with Crippen LogP contribution in [0.3, 0.4) is 0 Å². The Kier molecular flexibility index (Phi) is 9.49. The molecule has 0 radical (unpaired) electrons. The number of rotatable bonds is 8. The van der Waals surface area contributed by atoms with Crippen molar-refractivity contribution in [3.05, 3.63) is 24.3 Å². The molecule has 21 heavy (non-hydrogen) atoms. The zero-order valence-electron chi connectivity index (χ0n) is 12.8. The first kappa shape index (κ1) is 20.1. The van der Waals surface area contributed by atoms with Crippen molar-refractivity contribution in [3.63, 3.8) is 0 Å². The lowest BCUT2D eigenvalue weighted by molar-refractivity contribution is -0.120. The van der Waals surface area contributed by atoms with Gasteiger partial charge in [0.2, 0.25) is 5.91 Å². The average molecular weight is 333 g/mol. The van der Waals surface area contributed by atoms with E-state index in [4.69, 9.17) is 10.5 Å². The summed E-state index contributed by atoms with van der Waals surface area (Å²) in [5.74, 6) is 1.24. The van der Waals surface area contributed by atoms with E-state index in [2.05, 4.69) is 5.32 Å².